The molecular formula is C17H17FN2O. The molecule has 0 spiro atoms. The molecular weight excluding hydrogens is 267 g/mol. The van der Waals surface area contributed by atoms with E-state index in [9.17, 15) is 4.39 Å². The first kappa shape index (κ1) is 13.8. The van der Waals surface area contributed by atoms with E-state index in [1.807, 2.05) is 25.2 Å². The lowest BCUT2D eigenvalue weighted by atomic mass is 10.0. The Morgan fingerprint density at radius 2 is 2.14 bits per heavy atom. The van der Waals surface area contributed by atoms with Crippen molar-refractivity contribution in [3.63, 3.8) is 0 Å². The average molecular weight is 284 g/mol. The Balaban J connectivity index is 2.12. The van der Waals surface area contributed by atoms with Crippen LogP contribution in [-0.4, -0.2) is 12.0 Å². The van der Waals surface area contributed by atoms with E-state index in [-0.39, 0.29) is 11.9 Å². The SMILES string of the molecule is CCc1cccnc1C(NC)c1cc2cccc(F)c2o1. The predicted molar refractivity (Wildman–Crippen MR) is 80.7 cm³/mol. The molecule has 0 bridgehead atoms. The van der Waals surface area contributed by atoms with Gasteiger partial charge in [0.15, 0.2) is 11.4 Å². The number of aromatic nitrogens is 1. The number of halogens is 1. The van der Waals surface area contributed by atoms with Crippen LogP contribution in [0.3, 0.4) is 0 Å². The standard InChI is InChI=1S/C17H17FN2O/c1-3-11-7-5-9-20-15(11)16(19-2)14-10-12-6-4-8-13(18)17(12)21-14/h4-10,16,19H,3H2,1-2H3. The second-order valence-corrected chi connectivity index (χ2v) is 4.93. The number of para-hydroxylation sites is 1. The van der Waals surface area contributed by atoms with Crippen LogP contribution in [0.1, 0.15) is 30.0 Å². The van der Waals surface area contributed by atoms with Crippen LogP contribution in [-0.2, 0) is 6.42 Å². The summed E-state index contributed by atoms with van der Waals surface area (Å²) < 4.78 is 19.5. The van der Waals surface area contributed by atoms with Gasteiger partial charge in [-0.2, -0.15) is 0 Å². The molecule has 0 aliphatic carbocycles. The van der Waals surface area contributed by atoms with Crippen LogP contribution < -0.4 is 5.32 Å². The van der Waals surface area contributed by atoms with Crippen LogP contribution in [0.5, 0.6) is 0 Å². The monoisotopic (exact) mass is 284 g/mol. The fourth-order valence-corrected chi connectivity index (χ4v) is 2.61. The maximum absolute atomic E-state index is 13.8. The highest BCUT2D eigenvalue weighted by Crippen LogP contribution is 2.30. The van der Waals surface area contributed by atoms with Gasteiger partial charge in [0.25, 0.3) is 0 Å². The fraction of sp³-hybridized carbons (Fsp3) is 0.235. The quantitative estimate of drug-likeness (QED) is 0.791. The molecule has 2 heterocycles. The summed E-state index contributed by atoms with van der Waals surface area (Å²) in [7, 11) is 1.85. The van der Waals surface area contributed by atoms with Crippen molar-refractivity contribution in [2.24, 2.45) is 0 Å². The minimum Gasteiger partial charge on any atom is -0.456 e. The number of hydrogen-bond acceptors (Lipinski definition) is 3. The molecule has 2 aromatic heterocycles. The molecule has 3 rings (SSSR count). The minimum atomic E-state index is -0.342. The highest BCUT2D eigenvalue weighted by Gasteiger charge is 2.21. The van der Waals surface area contributed by atoms with Crippen LogP contribution in [0.4, 0.5) is 4.39 Å². The Kier molecular flexibility index (Phi) is 3.71. The second kappa shape index (κ2) is 5.66. The average Bonchev–Trinajstić information content (AvgIpc) is 2.94. The first-order valence-corrected chi connectivity index (χ1v) is 7.03. The first-order valence-electron chi connectivity index (χ1n) is 7.03. The maximum Gasteiger partial charge on any atom is 0.169 e. The minimum absolute atomic E-state index is 0.187. The zero-order valence-corrected chi connectivity index (χ0v) is 12.1. The lowest BCUT2D eigenvalue weighted by Gasteiger charge is -2.16. The molecule has 1 aromatic carbocycles. The third-order valence-electron chi connectivity index (χ3n) is 3.67. The lowest BCUT2D eigenvalue weighted by Crippen LogP contribution is -2.19. The molecule has 21 heavy (non-hydrogen) atoms. The van der Waals surface area contributed by atoms with E-state index in [1.54, 1.807) is 12.3 Å². The van der Waals surface area contributed by atoms with Crippen molar-refractivity contribution in [1.82, 2.24) is 10.3 Å². The Bertz CT molecular complexity index is 766. The molecule has 0 radical (unpaired) electrons. The van der Waals surface area contributed by atoms with Gasteiger partial charge in [0.05, 0.1) is 5.69 Å². The summed E-state index contributed by atoms with van der Waals surface area (Å²) in [5, 5.41) is 3.97. The molecule has 1 unspecified atom stereocenters. The van der Waals surface area contributed by atoms with Gasteiger partial charge in [0.2, 0.25) is 0 Å². The molecule has 0 fully saturated rings. The second-order valence-electron chi connectivity index (χ2n) is 4.93. The summed E-state index contributed by atoms with van der Waals surface area (Å²) in [6, 6.07) is 10.6. The maximum atomic E-state index is 13.8. The number of furan rings is 1. The molecule has 3 aromatic rings. The summed E-state index contributed by atoms with van der Waals surface area (Å²) in [6.07, 6.45) is 2.65. The van der Waals surface area contributed by atoms with Crippen molar-refractivity contribution in [3.8, 4) is 0 Å². The normalized spacial score (nSPS) is 12.7. The van der Waals surface area contributed by atoms with Crippen molar-refractivity contribution in [3.05, 3.63) is 65.4 Å². The molecule has 1 N–H and O–H groups in total. The third-order valence-corrected chi connectivity index (χ3v) is 3.67. The number of fused-ring (bicyclic) bond motifs is 1. The number of benzene rings is 1. The Morgan fingerprint density at radius 3 is 2.86 bits per heavy atom. The number of pyridine rings is 1. The summed E-state index contributed by atoms with van der Waals surface area (Å²) in [5.74, 6) is 0.330. The van der Waals surface area contributed by atoms with Gasteiger partial charge in [0.1, 0.15) is 11.8 Å². The third kappa shape index (κ3) is 2.43. The van der Waals surface area contributed by atoms with Gasteiger partial charge >= 0.3 is 0 Å². The van der Waals surface area contributed by atoms with Crippen molar-refractivity contribution in [2.45, 2.75) is 19.4 Å². The smallest absolute Gasteiger partial charge is 0.169 e. The zero-order chi connectivity index (χ0) is 14.8. The van der Waals surface area contributed by atoms with Crippen LogP contribution >= 0.6 is 0 Å². The molecule has 4 heteroatoms. The first-order chi connectivity index (χ1) is 10.2. The molecule has 0 aliphatic rings. The molecule has 0 saturated heterocycles. The van der Waals surface area contributed by atoms with Gasteiger partial charge in [-0.15, -0.1) is 0 Å². The van der Waals surface area contributed by atoms with Gasteiger partial charge in [-0.1, -0.05) is 25.1 Å². The van der Waals surface area contributed by atoms with Crippen molar-refractivity contribution in [1.29, 1.82) is 0 Å². The molecule has 3 nitrogen and oxygen atoms in total. The van der Waals surface area contributed by atoms with Crippen molar-refractivity contribution < 1.29 is 8.81 Å². The van der Waals surface area contributed by atoms with Gasteiger partial charge in [-0.3, -0.25) is 4.98 Å². The van der Waals surface area contributed by atoms with E-state index in [0.29, 0.717) is 11.3 Å². The molecule has 108 valence electrons. The predicted octanol–water partition coefficient (Wildman–Crippen LogP) is 3.84. The lowest BCUT2D eigenvalue weighted by molar-refractivity contribution is 0.470. The van der Waals surface area contributed by atoms with E-state index in [4.69, 9.17) is 4.42 Å². The Labute approximate surface area is 122 Å². The largest absolute Gasteiger partial charge is 0.456 e. The zero-order valence-electron chi connectivity index (χ0n) is 12.1. The summed E-state index contributed by atoms with van der Waals surface area (Å²) in [4.78, 5) is 4.47. The van der Waals surface area contributed by atoms with E-state index in [2.05, 4.69) is 23.3 Å². The topological polar surface area (TPSA) is 38.1 Å². The van der Waals surface area contributed by atoms with Gasteiger partial charge in [-0.25, -0.2) is 4.39 Å². The van der Waals surface area contributed by atoms with E-state index in [1.165, 1.54) is 6.07 Å². The van der Waals surface area contributed by atoms with E-state index in [0.717, 1.165) is 23.1 Å². The van der Waals surface area contributed by atoms with Crippen LogP contribution in [0.2, 0.25) is 0 Å². The molecule has 0 saturated carbocycles. The van der Waals surface area contributed by atoms with Crippen LogP contribution in [0.25, 0.3) is 11.0 Å². The number of hydrogen-bond donors (Lipinski definition) is 1. The van der Waals surface area contributed by atoms with Crippen molar-refractivity contribution in [2.75, 3.05) is 7.05 Å². The Hall–Kier alpha value is -2.20. The van der Waals surface area contributed by atoms with Crippen LogP contribution in [0.15, 0.2) is 47.0 Å². The molecule has 1 atom stereocenters. The highest BCUT2D eigenvalue weighted by atomic mass is 19.1. The Morgan fingerprint density at radius 1 is 1.29 bits per heavy atom. The summed E-state index contributed by atoms with van der Waals surface area (Å²) in [5.41, 5.74) is 2.36. The van der Waals surface area contributed by atoms with Gasteiger partial charge in [-0.05, 0) is 37.2 Å². The highest BCUT2D eigenvalue weighted by molar-refractivity contribution is 5.78. The van der Waals surface area contributed by atoms with E-state index >= 15 is 0 Å². The van der Waals surface area contributed by atoms with Crippen molar-refractivity contribution >= 4 is 11.0 Å². The number of nitrogens with one attached hydrogen (secondary N) is 1. The fourth-order valence-electron chi connectivity index (χ4n) is 2.61. The number of aryl methyl sites for hydroxylation is 1. The van der Waals surface area contributed by atoms with Gasteiger partial charge < -0.3 is 9.73 Å². The van der Waals surface area contributed by atoms with Crippen LogP contribution in [0, 0.1) is 5.82 Å². The van der Waals surface area contributed by atoms with Gasteiger partial charge in [0, 0.05) is 11.6 Å². The summed E-state index contributed by atoms with van der Waals surface area (Å²) >= 11 is 0. The molecule has 0 aliphatic heterocycles. The number of rotatable bonds is 4. The number of nitrogens with zero attached hydrogens (tertiary/aromatic N) is 1. The summed E-state index contributed by atoms with van der Waals surface area (Å²) in [6.45, 7) is 2.09. The molecule has 0 amide bonds. The van der Waals surface area contributed by atoms with E-state index < -0.39 is 0 Å².